The number of nitrogens with one attached hydrogen (secondary N) is 2. The van der Waals surface area contributed by atoms with Gasteiger partial charge in [-0.25, -0.2) is 9.78 Å². The lowest BCUT2D eigenvalue weighted by atomic mass is 10.1. The van der Waals surface area contributed by atoms with Crippen molar-refractivity contribution in [1.82, 2.24) is 20.5 Å². The Balaban J connectivity index is 1.44. The number of nitrogens with zero attached hydrogens (tertiary/aromatic N) is 2. The minimum Gasteiger partial charge on any atom is -0.334 e. The Bertz CT molecular complexity index is 673. The lowest BCUT2D eigenvalue weighted by molar-refractivity contribution is 0.231. The van der Waals surface area contributed by atoms with E-state index >= 15 is 0 Å². The van der Waals surface area contributed by atoms with E-state index in [9.17, 15) is 4.79 Å². The molecule has 2 heterocycles. The lowest BCUT2D eigenvalue weighted by Gasteiger charge is -2.24. The Morgan fingerprint density at radius 3 is 2.92 bits per heavy atom. The molecule has 128 valence electrons. The lowest BCUT2D eigenvalue weighted by Crippen LogP contribution is -2.43. The van der Waals surface area contributed by atoms with Crippen molar-refractivity contribution in [2.24, 2.45) is 0 Å². The fraction of sp³-hybridized carbons (Fsp3) is 0.444. The van der Waals surface area contributed by atoms with Crippen LogP contribution in [0.1, 0.15) is 34.8 Å². The highest BCUT2D eigenvalue weighted by molar-refractivity contribution is 7.11. The van der Waals surface area contributed by atoms with Crippen LogP contribution in [0.3, 0.4) is 0 Å². The predicted molar refractivity (Wildman–Crippen MR) is 97.1 cm³/mol. The van der Waals surface area contributed by atoms with Gasteiger partial charge in [0.25, 0.3) is 0 Å². The van der Waals surface area contributed by atoms with E-state index in [0.29, 0.717) is 12.6 Å². The molecule has 0 bridgehead atoms. The van der Waals surface area contributed by atoms with Crippen LogP contribution in [0.2, 0.25) is 0 Å². The smallest absolute Gasteiger partial charge is 0.315 e. The molecule has 1 saturated heterocycles. The number of aryl methyl sites for hydroxylation is 1. The monoisotopic (exact) mass is 344 g/mol. The Labute approximate surface area is 147 Å². The van der Waals surface area contributed by atoms with E-state index in [-0.39, 0.29) is 12.1 Å². The van der Waals surface area contributed by atoms with E-state index in [1.807, 2.05) is 19.2 Å². The standard InChI is InChI=1S/C18H24N4OS/c1-13-10-19-17(24-13)11-20-18(23)21-16-8-9-22(12-16)14(2)15-6-4-3-5-7-15/h3-7,10,14,16H,8-9,11-12H2,1-2H3,(H2,20,21,23)/t14-,16+/m1/s1. The van der Waals surface area contributed by atoms with Gasteiger partial charge in [-0.05, 0) is 25.8 Å². The first-order valence-electron chi connectivity index (χ1n) is 8.36. The Kier molecular flexibility index (Phi) is 5.48. The number of urea groups is 1. The summed E-state index contributed by atoms with van der Waals surface area (Å²) >= 11 is 1.61. The van der Waals surface area contributed by atoms with Crippen LogP contribution < -0.4 is 10.6 Å². The number of thiazole rings is 1. The molecule has 1 aromatic carbocycles. The average Bonchev–Trinajstić information content (AvgIpc) is 3.22. The molecule has 0 radical (unpaired) electrons. The maximum absolute atomic E-state index is 12.1. The second kappa shape index (κ2) is 7.77. The third-order valence-electron chi connectivity index (χ3n) is 4.45. The molecule has 6 heteroatoms. The normalized spacial score (nSPS) is 19.2. The summed E-state index contributed by atoms with van der Waals surface area (Å²) in [7, 11) is 0. The van der Waals surface area contributed by atoms with E-state index in [0.717, 1.165) is 29.4 Å². The van der Waals surface area contributed by atoms with Gasteiger partial charge >= 0.3 is 6.03 Å². The van der Waals surface area contributed by atoms with Gasteiger partial charge in [0.05, 0.1) is 6.54 Å². The predicted octanol–water partition coefficient (Wildman–Crippen LogP) is 3.09. The molecular weight excluding hydrogens is 320 g/mol. The summed E-state index contributed by atoms with van der Waals surface area (Å²) in [5, 5.41) is 6.91. The van der Waals surface area contributed by atoms with Crippen molar-refractivity contribution in [3.05, 3.63) is 52.0 Å². The molecule has 2 N–H and O–H groups in total. The maximum atomic E-state index is 12.1. The van der Waals surface area contributed by atoms with E-state index in [1.165, 1.54) is 5.56 Å². The van der Waals surface area contributed by atoms with Gasteiger partial charge in [0.15, 0.2) is 0 Å². The first-order valence-corrected chi connectivity index (χ1v) is 9.18. The Morgan fingerprint density at radius 2 is 2.21 bits per heavy atom. The highest BCUT2D eigenvalue weighted by Crippen LogP contribution is 2.24. The van der Waals surface area contributed by atoms with Gasteiger partial charge < -0.3 is 10.6 Å². The van der Waals surface area contributed by atoms with Crippen LogP contribution in [-0.2, 0) is 6.54 Å². The highest BCUT2D eigenvalue weighted by Gasteiger charge is 2.27. The molecule has 5 nitrogen and oxygen atoms in total. The molecule has 0 unspecified atom stereocenters. The fourth-order valence-electron chi connectivity index (χ4n) is 3.07. The minimum absolute atomic E-state index is 0.109. The molecule has 3 rings (SSSR count). The van der Waals surface area contributed by atoms with Crippen molar-refractivity contribution in [2.75, 3.05) is 13.1 Å². The van der Waals surface area contributed by atoms with Crippen molar-refractivity contribution in [2.45, 2.75) is 38.9 Å². The van der Waals surface area contributed by atoms with Crippen LogP contribution in [0, 0.1) is 6.92 Å². The van der Waals surface area contributed by atoms with Gasteiger partial charge in [-0.15, -0.1) is 11.3 Å². The first kappa shape index (κ1) is 16.9. The molecule has 2 atom stereocenters. The molecule has 24 heavy (non-hydrogen) atoms. The summed E-state index contributed by atoms with van der Waals surface area (Å²) in [5.41, 5.74) is 1.32. The Hall–Kier alpha value is -1.92. The van der Waals surface area contributed by atoms with Crippen LogP contribution in [0.25, 0.3) is 0 Å². The summed E-state index contributed by atoms with van der Waals surface area (Å²) in [4.78, 5) is 19.9. The largest absolute Gasteiger partial charge is 0.334 e. The number of amides is 2. The zero-order valence-corrected chi connectivity index (χ0v) is 15.0. The van der Waals surface area contributed by atoms with E-state index in [2.05, 4.69) is 51.7 Å². The molecule has 0 saturated carbocycles. The van der Waals surface area contributed by atoms with Crippen molar-refractivity contribution < 1.29 is 4.79 Å². The molecule has 1 aliphatic rings. The number of carbonyl (C=O) groups is 1. The number of benzene rings is 1. The zero-order valence-electron chi connectivity index (χ0n) is 14.2. The van der Waals surface area contributed by atoms with Gasteiger partial charge in [-0.1, -0.05) is 30.3 Å². The number of likely N-dealkylation sites (tertiary alicyclic amines) is 1. The van der Waals surface area contributed by atoms with Gasteiger partial charge in [-0.3, -0.25) is 4.90 Å². The molecule has 1 aliphatic heterocycles. The van der Waals surface area contributed by atoms with Crippen LogP contribution in [0.15, 0.2) is 36.5 Å². The molecule has 2 amide bonds. The third kappa shape index (κ3) is 4.33. The third-order valence-corrected chi connectivity index (χ3v) is 5.37. The van der Waals surface area contributed by atoms with Crippen LogP contribution >= 0.6 is 11.3 Å². The van der Waals surface area contributed by atoms with Crippen molar-refractivity contribution in [1.29, 1.82) is 0 Å². The molecular formula is C18H24N4OS. The van der Waals surface area contributed by atoms with Crippen LogP contribution in [-0.4, -0.2) is 35.0 Å². The van der Waals surface area contributed by atoms with Gasteiger partial charge in [0, 0.05) is 36.2 Å². The maximum Gasteiger partial charge on any atom is 0.315 e. The first-order chi connectivity index (χ1) is 11.6. The quantitative estimate of drug-likeness (QED) is 0.876. The van der Waals surface area contributed by atoms with Gasteiger partial charge in [-0.2, -0.15) is 0 Å². The number of hydrogen-bond donors (Lipinski definition) is 2. The SMILES string of the molecule is Cc1cnc(CNC(=O)N[C@H]2CCN([C@H](C)c3ccccc3)C2)s1. The summed E-state index contributed by atoms with van der Waals surface area (Å²) in [5.74, 6) is 0. The zero-order chi connectivity index (χ0) is 16.9. The summed E-state index contributed by atoms with van der Waals surface area (Å²) < 4.78 is 0. The summed E-state index contributed by atoms with van der Waals surface area (Å²) in [6.07, 6.45) is 2.82. The average molecular weight is 344 g/mol. The topological polar surface area (TPSA) is 57.3 Å². The molecule has 0 spiro atoms. The molecule has 1 aromatic heterocycles. The summed E-state index contributed by atoms with van der Waals surface area (Å²) in [6, 6.07) is 11.0. The van der Waals surface area contributed by atoms with Crippen LogP contribution in [0.4, 0.5) is 4.79 Å². The molecule has 2 aromatic rings. The molecule has 1 fully saturated rings. The number of hydrogen-bond acceptors (Lipinski definition) is 4. The van der Waals surface area contributed by atoms with Crippen molar-refractivity contribution >= 4 is 17.4 Å². The van der Waals surface area contributed by atoms with Gasteiger partial charge in [0.2, 0.25) is 0 Å². The van der Waals surface area contributed by atoms with E-state index < -0.39 is 0 Å². The number of rotatable bonds is 5. The minimum atomic E-state index is -0.109. The van der Waals surface area contributed by atoms with Crippen LogP contribution in [0.5, 0.6) is 0 Å². The van der Waals surface area contributed by atoms with E-state index in [1.54, 1.807) is 11.3 Å². The molecule has 0 aliphatic carbocycles. The van der Waals surface area contributed by atoms with Gasteiger partial charge in [0.1, 0.15) is 5.01 Å². The second-order valence-corrected chi connectivity index (χ2v) is 7.58. The van der Waals surface area contributed by atoms with Crippen molar-refractivity contribution in [3.63, 3.8) is 0 Å². The highest BCUT2D eigenvalue weighted by atomic mass is 32.1. The number of carbonyl (C=O) groups excluding carboxylic acids is 1. The van der Waals surface area contributed by atoms with Crippen molar-refractivity contribution in [3.8, 4) is 0 Å². The summed E-state index contributed by atoms with van der Waals surface area (Å²) in [6.45, 7) is 6.62. The fourth-order valence-corrected chi connectivity index (χ4v) is 3.80. The van der Waals surface area contributed by atoms with E-state index in [4.69, 9.17) is 0 Å². The second-order valence-electron chi connectivity index (χ2n) is 6.26. The number of aromatic nitrogens is 1. The Morgan fingerprint density at radius 1 is 1.42 bits per heavy atom.